The summed E-state index contributed by atoms with van der Waals surface area (Å²) in [5, 5.41) is 2.36. The summed E-state index contributed by atoms with van der Waals surface area (Å²) in [5.41, 5.74) is 4.60. The van der Waals surface area contributed by atoms with Crippen molar-refractivity contribution in [3.05, 3.63) is 59.9 Å². The first-order valence-corrected chi connectivity index (χ1v) is 7.16. The molecule has 20 heavy (non-hydrogen) atoms. The maximum Gasteiger partial charge on any atom is 0.0964 e. The van der Waals surface area contributed by atoms with Crippen LogP contribution in [0.5, 0.6) is 0 Å². The summed E-state index contributed by atoms with van der Waals surface area (Å²) >= 11 is 0. The van der Waals surface area contributed by atoms with E-state index in [0.29, 0.717) is 0 Å². The Morgan fingerprint density at radius 3 is 2.90 bits per heavy atom. The lowest BCUT2D eigenvalue weighted by atomic mass is 9.92. The van der Waals surface area contributed by atoms with Crippen molar-refractivity contribution in [1.82, 2.24) is 9.97 Å². The summed E-state index contributed by atoms with van der Waals surface area (Å²) in [6.07, 6.45) is 9.88. The van der Waals surface area contributed by atoms with Gasteiger partial charge in [0.15, 0.2) is 0 Å². The third-order valence-electron chi connectivity index (χ3n) is 4.05. The number of aryl methyl sites for hydroxylation is 2. The smallest absolute Gasteiger partial charge is 0.0964 e. The molecule has 0 fully saturated rings. The molecule has 0 spiro atoms. The lowest BCUT2D eigenvalue weighted by Crippen LogP contribution is -2.04. The van der Waals surface area contributed by atoms with E-state index in [0.717, 1.165) is 29.6 Å². The van der Waals surface area contributed by atoms with E-state index in [1.807, 2.05) is 12.3 Å². The fourth-order valence-corrected chi connectivity index (χ4v) is 2.99. The zero-order chi connectivity index (χ0) is 13.4. The molecule has 0 N–H and O–H groups in total. The number of rotatable bonds is 1. The molecule has 2 heterocycles. The van der Waals surface area contributed by atoms with Crippen molar-refractivity contribution in [1.29, 1.82) is 0 Å². The van der Waals surface area contributed by atoms with E-state index in [1.54, 1.807) is 0 Å². The summed E-state index contributed by atoms with van der Waals surface area (Å²) in [6.45, 7) is 0. The topological polar surface area (TPSA) is 25.8 Å². The van der Waals surface area contributed by atoms with Gasteiger partial charge in [0, 0.05) is 11.6 Å². The molecule has 2 heteroatoms. The third kappa shape index (κ3) is 1.88. The van der Waals surface area contributed by atoms with E-state index in [1.165, 1.54) is 29.4 Å². The van der Waals surface area contributed by atoms with Crippen LogP contribution in [0.15, 0.2) is 42.6 Å². The summed E-state index contributed by atoms with van der Waals surface area (Å²) in [4.78, 5) is 9.07. The van der Waals surface area contributed by atoms with Gasteiger partial charge in [-0.25, -0.2) is 4.98 Å². The second kappa shape index (κ2) is 4.71. The minimum atomic E-state index is 0.947. The Labute approximate surface area is 118 Å². The minimum Gasteiger partial charge on any atom is -0.254 e. The average molecular weight is 259 g/mol. The Morgan fingerprint density at radius 1 is 1.00 bits per heavy atom. The highest BCUT2D eigenvalue weighted by molar-refractivity contribution is 5.93. The number of hydrogen-bond donors (Lipinski definition) is 0. The van der Waals surface area contributed by atoms with Crippen LogP contribution >= 0.6 is 0 Å². The van der Waals surface area contributed by atoms with Crippen LogP contribution in [0.4, 0.5) is 0 Å². The first kappa shape index (κ1) is 11.6. The molecule has 0 saturated carbocycles. The van der Waals surface area contributed by atoms with Crippen LogP contribution in [0, 0.1) is 6.20 Å². The summed E-state index contributed by atoms with van der Waals surface area (Å²) in [6, 6.07) is 12.6. The van der Waals surface area contributed by atoms with Crippen molar-refractivity contribution in [3.63, 3.8) is 0 Å². The first-order chi connectivity index (χ1) is 9.92. The van der Waals surface area contributed by atoms with Crippen LogP contribution < -0.4 is 0 Å². The average Bonchev–Trinajstić information content (AvgIpc) is 2.54. The van der Waals surface area contributed by atoms with Crippen LogP contribution in [-0.2, 0) is 12.8 Å². The Bertz CT molecular complexity index is 772. The van der Waals surface area contributed by atoms with Crippen LogP contribution in [0.1, 0.15) is 24.0 Å². The largest absolute Gasteiger partial charge is 0.254 e. The van der Waals surface area contributed by atoms with Gasteiger partial charge in [-0.1, -0.05) is 24.3 Å². The van der Waals surface area contributed by atoms with Crippen molar-refractivity contribution in [2.45, 2.75) is 25.7 Å². The van der Waals surface area contributed by atoms with E-state index < -0.39 is 0 Å². The molecular formula is C18H15N2. The van der Waals surface area contributed by atoms with Crippen LogP contribution in [-0.4, -0.2) is 9.97 Å². The van der Waals surface area contributed by atoms with E-state index in [4.69, 9.17) is 0 Å². The molecule has 0 atom stereocenters. The van der Waals surface area contributed by atoms with Crippen molar-refractivity contribution < 1.29 is 0 Å². The monoisotopic (exact) mass is 259 g/mol. The van der Waals surface area contributed by atoms with E-state index >= 15 is 0 Å². The van der Waals surface area contributed by atoms with Gasteiger partial charge in [-0.15, -0.1) is 0 Å². The fraction of sp³-hybridized carbons (Fsp3) is 0.222. The van der Waals surface area contributed by atoms with E-state index in [9.17, 15) is 0 Å². The van der Waals surface area contributed by atoms with Crippen molar-refractivity contribution in [3.8, 4) is 11.4 Å². The molecule has 1 aromatic carbocycles. The number of nitrogens with zero attached hydrogens (tertiary/aromatic N) is 2. The molecule has 0 saturated heterocycles. The Balaban J connectivity index is 1.91. The SMILES string of the molecule is [c]1nc(-c2nccc3ccccc23)cc2c1CCCC2. The lowest BCUT2D eigenvalue weighted by Gasteiger charge is -2.15. The van der Waals surface area contributed by atoms with Gasteiger partial charge in [0.25, 0.3) is 0 Å². The van der Waals surface area contributed by atoms with Gasteiger partial charge < -0.3 is 0 Å². The molecule has 3 aromatic rings. The van der Waals surface area contributed by atoms with Gasteiger partial charge in [0.1, 0.15) is 0 Å². The zero-order valence-corrected chi connectivity index (χ0v) is 11.3. The van der Waals surface area contributed by atoms with Gasteiger partial charge in [-0.3, -0.25) is 4.98 Å². The molecule has 2 nitrogen and oxygen atoms in total. The Hall–Kier alpha value is -2.22. The fourth-order valence-electron chi connectivity index (χ4n) is 2.99. The predicted octanol–water partition coefficient (Wildman–Crippen LogP) is 3.98. The van der Waals surface area contributed by atoms with E-state index in [2.05, 4.69) is 46.5 Å². The van der Waals surface area contributed by atoms with Gasteiger partial charge in [-0.05, 0) is 54.3 Å². The zero-order valence-electron chi connectivity index (χ0n) is 11.3. The lowest BCUT2D eigenvalue weighted by molar-refractivity contribution is 0.681. The summed E-state index contributed by atoms with van der Waals surface area (Å²) < 4.78 is 0. The normalized spacial score (nSPS) is 14.2. The van der Waals surface area contributed by atoms with Gasteiger partial charge in [-0.2, -0.15) is 0 Å². The molecule has 1 aliphatic rings. The number of hydrogen-bond acceptors (Lipinski definition) is 2. The highest BCUT2D eigenvalue weighted by Crippen LogP contribution is 2.28. The van der Waals surface area contributed by atoms with Crippen molar-refractivity contribution in [2.24, 2.45) is 0 Å². The molecule has 0 amide bonds. The number of pyridine rings is 2. The third-order valence-corrected chi connectivity index (χ3v) is 4.05. The molecule has 2 aromatic heterocycles. The summed E-state index contributed by atoms with van der Waals surface area (Å²) in [7, 11) is 0. The van der Waals surface area contributed by atoms with Gasteiger partial charge in [0.2, 0.25) is 0 Å². The van der Waals surface area contributed by atoms with Crippen LogP contribution in [0.2, 0.25) is 0 Å². The van der Waals surface area contributed by atoms with Crippen molar-refractivity contribution >= 4 is 10.8 Å². The maximum atomic E-state index is 4.54. The number of fused-ring (bicyclic) bond motifs is 2. The molecular weight excluding hydrogens is 244 g/mol. The summed E-state index contributed by atoms with van der Waals surface area (Å²) in [5.74, 6) is 0. The Kier molecular flexibility index (Phi) is 2.73. The second-order valence-electron chi connectivity index (χ2n) is 5.34. The second-order valence-corrected chi connectivity index (χ2v) is 5.34. The highest BCUT2D eigenvalue weighted by Gasteiger charge is 2.13. The minimum absolute atomic E-state index is 0.947. The van der Waals surface area contributed by atoms with E-state index in [-0.39, 0.29) is 0 Å². The maximum absolute atomic E-state index is 4.54. The molecule has 1 radical (unpaired) electrons. The number of benzene rings is 1. The highest BCUT2D eigenvalue weighted by atomic mass is 14.8. The number of aromatic nitrogens is 2. The molecule has 1 aliphatic carbocycles. The quantitative estimate of drug-likeness (QED) is 0.660. The van der Waals surface area contributed by atoms with Gasteiger partial charge >= 0.3 is 0 Å². The molecule has 0 unspecified atom stereocenters. The van der Waals surface area contributed by atoms with Crippen LogP contribution in [0.3, 0.4) is 0 Å². The van der Waals surface area contributed by atoms with Gasteiger partial charge in [0.05, 0.1) is 17.6 Å². The van der Waals surface area contributed by atoms with Crippen LogP contribution in [0.25, 0.3) is 22.2 Å². The van der Waals surface area contributed by atoms with Crippen molar-refractivity contribution in [2.75, 3.05) is 0 Å². The predicted molar refractivity (Wildman–Crippen MR) is 80.5 cm³/mol. The Morgan fingerprint density at radius 2 is 1.90 bits per heavy atom. The molecule has 4 rings (SSSR count). The first-order valence-electron chi connectivity index (χ1n) is 7.16. The molecule has 0 bridgehead atoms. The molecule has 0 aliphatic heterocycles. The molecule has 97 valence electrons. The standard InChI is InChI=1S/C18H15N2/c1-2-7-15-12-20-17(11-14(15)6-1)18-16-8-4-3-5-13(16)9-10-19-18/h3-5,8-11H,1-2,6-7H2.